The van der Waals surface area contributed by atoms with Crippen LogP contribution in [-0.4, -0.2) is 25.4 Å². The van der Waals surface area contributed by atoms with Crippen LogP contribution in [0.2, 0.25) is 0 Å². The molecular weight excluding hydrogens is 278 g/mol. The largest absolute Gasteiger partial charge is 0.393 e. The van der Waals surface area contributed by atoms with Gasteiger partial charge in [-0.25, -0.2) is 0 Å². The number of rotatable bonds is 14. The lowest BCUT2D eigenvalue weighted by atomic mass is 10.0. The third-order valence-electron chi connectivity index (χ3n) is 3.49. The van der Waals surface area contributed by atoms with E-state index < -0.39 is 16.2 Å². The number of hydrogen-bond acceptors (Lipinski definition) is 5. The van der Waals surface area contributed by atoms with Gasteiger partial charge in [0, 0.05) is 0 Å². The van der Waals surface area contributed by atoms with E-state index in [1.54, 1.807) is 0 Å². The van der Waals surface area contributed by atoms with E-state index in [4.69, 9.17) is 0 Å². The van der Waals surface area contributed by atoms with Crippen LogP contribution in [-0.2, 0) is 14.4 Å². The normalized spacial score (nSPS) is 13.6. The number of aliphatic hydroxyl groups excluding tert-OH is 1. The molecule has 0 aliphatic heterocycles. The van der Waals surface area contributed by atoms with Gasteiger partial charge in [0.2, 0.25) is 0 Å². The Kier molecular flexibility index (Phi) is 12.5. The van der Waals surface area contributed by atoms with E-state index in [0.717, 1.165) is 12.8 Å². The number of nitrogens with two attached hydrogens (primary N) is 1. The molecule has 1 unspecified atom stereocenters. The van der Waals surface area contributed by atoms with Crippen LogP contribution in [0.4, 0.5) is 0 Å². The Labute approximate surface area is 124 Å². The van der Waals surface area contributed by atoms with Crippen LogP contribution < -0.4 is 5.90 Å². The fourth-order valence-electron chi connectivity index (χ4n) is 2.16. The summed E-state index contributed by atoms with van der Waals surface area (Å²) in [6.07, 6.45) is 11.3. The van der Waals surface area contributed by atoms with Gasteiger partial charge in [0.25, 0.3) is 10.1 Å². The standard InChI is InChI=1S/C14H31NO4S/c1-2-3-4-5-6-7-8-9-10-11-14(16)12-13-20(17,18)19-15/h14,16H,2-13,15H2,1H3. The molecule has 0 aliphatic carbocycles. The Balaban J connectivity index is 3.33. The van der Waals surface area contributed by atoms with E-state index in [9.17, 15) is 13.5 Å². The first-order valence-corrected chi connectivity index (χ1v) is 9.38. The van der Waals surface area contributed by atoms with Gasteiger partial charge in [-0.3, -0.25) is 0 Å². The molecule has 0 saturated heterocycles. The lowest BCUT2D eigenvalue weighted by Crippen LogP contribution is -2.19. The molecule has 0 bridgehead atoms. The van der Waals surface area contributed by atoms with Crippen LogP contribution in [0.3, 0.4) is 0 Å². The van der Waals surface area contributed by atoms with E-state index >= 15 is 0 Å². The van der Waals surface area contributed by atoms with Gasteiger partial charge in [0.1, 0.15) is 0 Å². The molecule has 1 atom stereocenters. The number of hydrogen-bond donors (Lipinski definition) is 2. The lowest BCUT2D eigenvalue weighted by Gasteiger charge is -2.09. The first-order chi connectivity index (χ1) is 9.52. The molecule has 5 nitrogen and oxygen atoms in total. The molecule has 0 aromatic heterocycles. The third kappa shape index (κ3) is 12.8. The van der Waals surface area contributed by atoms with Gasteiger partial charge in [-0.05, 0) is 12.8 Å². The molecule has 0 heterocycles. The second-order valence-corrected chi connectivity index (χ2v) is 7.13. The lowest BCUT2D eigenvalue weighted by molar-refractivity contribution is 0.156. The van der Waals surface area contributed by atoms with Gasteiger partial charge in [0.05, 0.1) is 11.9 Å². The van der Waals surface area contributed by atoms with E-state index in [0.29, 0.717) is 6.42 Å². The van der Waals surface area contributed by atoms with E-state index in [1.807, 2.05) is 0 Å². The van der Waals surface area contributed by atoms with E-state index in [2.05, 4.69) is 17.1 Å². The minimum Gasteiger partial charge on any atom is -0.393 e. The smallest absolute Gasteiger partial charge is 0.283 e. The maximum absolute atomic E-state index is 11.0. The topological polar surface area (TPSA) is 89.6 Å². The Hall–Kier alpha value is -0.170. The van der Waals surface area contributed by atoms with E-state index in [1.165, 1.54) is 44.9 Å². The summed E-state index contributed by atoms with van der Waals surface area (Å²) >= 11 is 0. The predicted octanol–water partition coefficient (Wildman–Crippen LogP) is 2.88. The van der Waals surface area contributed by atoms with Crippen LogP contribution in [0.25, 0.3) is 0 Å². The maximum Gasteiger partial charge on any atom is 0.283 e. The second kappa shape index (κ2) is 12.6. The molecule has 0 spiro atoms. The molecule has 122 valence electrons. The molecule has 0 saturated carbocycles. The van der Waals surface area contributed by atoms with Gasteiger partial charge in [-0.15, -0.1) is 0 Å². The molecule has 0 amide bonds. The maximum atomic E-state index is 11.0. The molecule has 0 fully saturated rings. The summed E-state index contributed by atoms with van der Waals surface area (Å²) in [7, 11) is -3.65. The minimum absolute atomic E-state index is 0.191. The monoisotopic (exact) mass is 309 g/mol. The molecule has 3 N–H and O–H groups in total. The molecule has 6 heteroatoms. The molecule has 0 aromatic carbocycles. The van der Waals surface area contributed by atoms with Crippen molar-refractivity contribution in [1.29, 1.82) is 0 Å². The minimum atomic E-state index is -3.65. The van der Waals surface area contributed by atoms with E-state index in [-0.39, 0.29) is 12.2 Å². The summed E-state index contributed by atoms with van der Waals surface area (Å²) in [6, 6.07) is 0. The molecule has 0 aromatic rings. The van der Waals surface area contributed by atoms with Crippen molar-refractivity contribution in [2.45, 2.75) is 83.7 Å². The van der Waals surface area contributed by atoms with Gasteiger partial charge in [-0.2, -0.15) is 18.6 Å². The molecule has 20 heavy (non-hydrogen) atoms. The average Bonchev–Trinajstić information content (AvgIpc) is 2.43. The van der Waals surface area contributed by atoms with Crippen LogP contribution >= 0.6 is 0 Å². The van der Waals surface area contributed by atoms with Gasteiger partial charge in [-0.1, -0.05) is 64.7 Å². The highest BCUT2D eigenvalue weighted by atomic mass is 32.2. The molecule has 0 aliphatic rings. The van der Waals surface area contributed by atoms with Crippen molar-refractivity contribution >= 4 is 10.1 Å². The summed E-state index contributed by atoms with van der Waals surface area (Å²) < 4.78 is 25.8. The molecule has 0 radical (unpaired) electrons. The summed E-state index contributed by atoms with van der Waals surface area (Å²) in [5.41, 5.74) is 0. The third-order valence-corrected chi connectivity index (χ3v) is 4.52. The summed E-state index contributed by atoms with van der Waals surface area (Å²) in [4.78, 5) is 0. The number of unbranched alkanes of at least 4 members (excludes halogenated alkanes) is 8. The van der Waals surface area contributed by atoms with Crippen LogP contribution in [0.5, 0.6) is 0 Å². The van der Waals surface area contributed by atoms with Gasteiger partial charge in [0.15, 0.2) is 0 Å². The van der Waals surface area contributed by atoms with Gasteiger partial charge >= 0.3 is 0 Å². The van der Waals surface area contributed by atoms with Crippen molar-refractivity contribution in [3.63, 3.8) is 0 Å². The van der Waals surface area contributed by atoms with Crippen molar-refractivity contribution < 1.29 is 17.8 Å². The first-order valence-electron chi connectivity index (χ1n) is 7.81. The Morgan fingerprint density at radius 3 is 1.95 bits per heavy atom. The Morgan fingerprint density at radius 1 is 0.950 bits per heavy atom. The zero-order valence-corrected chi connectivity index (χ0v) is 13.5. The zero-order valence-electron chi connectivity index (χ0n) is 12.7. The Morgan fingerprint density at radius 2 is 1.45 bits per heavy atom. The SMILES string of the molecule is CCCCCCCCCCCC(O)CCS(=O)(=O)ON. The Bertz CT molecular complexity index is 306. The molecule has 0 rings (SSSR count). The van der Waals surface area contributed by atoms with Crippen molar-refractivity contribution in [3.05, 3.63) is 0 Å². The van der Waals surface area contributed by atoms with Crippen molar-refractivity contribution in [2.24, 2.45) is 5.90 Å². The highest BCUT2D eigenvalue weighted by Crippen LogP contribution is 2.12. The summed E-state index contributed by atoms with van der Waals surface area (Å²) in [5, 5.41) is 9.65. The van der Waals surface area contributed by atoms with Crippen molar-refractivity contribution in [2.75, 3.05) is 5.75 Å². The summed E-state index contributed by atoms with van der Waals surface area (Å²) in [6.45, 7) is 2.22. The van der Waals surface area contributed by atoms with Gasteiger partial charge < -0.3 is 5.11 Å². The number of aliphatic hydroxyl groups is 1. The summed E-state index contributed by atoms with van der Waals surface area (Å²) in [5.74, 6) is 4.40. The first kappa shape index (κ1) is 19.8. The van der Waals surface area contributed by atoms with Crippen LogP contribution in [0.15, 0.2) is 0 Å². The fraction of sp³-hybridized carbons (Fsp3) is 1.00. The second-order valence-electron chi connectivity index (χ2n) is 5.42. The zero-order chi connectivity index (χ0) is 15.3. The average molecular weight is 309 g/mol. The van der Waals surface area contributed by atoms with Crippen molar-refractivity contribution in [1.82, 2.24) is 0 Å². The highest BCUT2D eigenvalue weighted by Gasteiger charge is 2.13. The van der Waals surface area contributed by atoms with Crippen LogP contribution in [0, 0.1) is 0 Å². The predicted molar refractivity (Wildman–Crippen MR) is 81.5 cm³/mol. The quantitative estimate of drug-likeness (QED) is 0.380. The van der Waals surface area contributed by atoms with Crippen molar-refractivity contribution in [3.8, 4) is 0 Å². The van der Waals surface area contributed by atoms with Crippen LogP contribution in [0.1, 0.15) is 77.6 Å². The fourth-order valence-corrected chi connectivity index (χ4v) is 2.82. The highest BCUT2D eigenvalue weighted by molar-refractivity contribution is 7.86. The molecular formula is C14H31NO4S.